The van der Waals surface area contributed by atoms with E-state index in [-0.39, 0.29) is 11.3 Å². The molecule has 18 heavy (non-hydrogen) atoms. The van der Waals surface area contributed by atoms with Crippen LogP contribution in [0.5, 0.6) is 5.75 Å². The van der Waals surface area contributed by atoms with Crippen LogP contribution < -0.4 is 4.74 Å². The minimum atomic E-state index is -1.16. The van der Waals surface area contributed by atoms with Gasteiger partial charge in [-0.05, 0) is 12.1 Å². The fraction of sp³-hybridized carbons (Fsp3) is 0.167. The quantitative estimate of drug-likeness (QED) is 0.867. The van der Waals surface area contributed by atoms with Gasteiger partial charge in [-0.25, -0.2) is 4.79 Å². The lowest BCUT2D eigenvalue weighted by molar-refractivity contribution is 0.0684. The average Bonchev–Trinajstić information content (AvgIpc) is 2.60. The minimum Gasteiger partial charge on any atom is -0.495 e. The molecule has 1 N–H and O–H groups in total. The molecule has 94 valence electrons. The molecule has 1 aromatic heterocycles. The van der Waals surface area contributed by atoms with E-state index in [1.165, 1.54) is 11.7 Å². The Kier molecular flexibility index (Phi) is 3.00. The highest BCUT2D eigenvalue weighted by Gasteiger charge is 2.21. The van der Waals surface area contributed by atoms with Crippen molar-refractivity contribution in [1.82, 2.24) is 4.57 Å². The van der Waals surface area contributed by atoms with Gasteiger partial charge in [-0.3, -0.25) is 4.79 Å². The van der Waals surface area contributed by atoms with Crippen molar-refractivity contribution in [2.75, 3.05) is 7.11 Å². The lowest BCUT2D eigenvalue weighted by Crippen LogP contribution is -2.06. The molecular formula is C12H10ClNO4. The van der Waals surface area contributed by atoms with Crippen molar-refractivity contribution in [2.24, 2.45) is 7.05 Å². The summed E-state index contributed by atoms with van der Waals surface area (Å²) in [5, 5.41) is 10.00. The first-order valence-corrected chi connectivity index (χ1v) is 5.43. The van der Waals surface area contributed by atoms with Crippen LogP contribution in [0.25, 0.3) is 10.9 Å². The second-order valence-corrected chi connectivity index (χ2v) is 4.16. The van der Waals surface area contributed by atoms with E-state index in [0.717, 1.165) is 0 Å². The summed E-state index contributed by atoms with van der Waals surface area (Å²) in [6.45, 7) is 0. The molecule has 5 nitrogen and oxygen atoms in total. The maximum absolute atomic E-state index is 11.2. The molecule has 1 aromatic carbocycles. The molecule has 2 aromatic rings. The Morgan fingerprint density at radius 2 is 2.17 bits per heavy atom. The van der Waals surface area contributed by atoms with Crippen molar-refractivity contribution in [1.29, 1.82) is 0 Å². The first-order chi connectivity index (χ1) is 8.51. The van der Waals surface area contributed by atoms with Gasteiger partial charge in [0.15, 0.2) is 6.29 Å². The number of aromatic carboxylic acids is 1. The second-order valence-electron chi connectivity index (χ2n) is 3.75. The van der Waals surface area contributed by atoms with Gasteiger partial charge in [0.25, 0.3) is 0 Å². The van der Waals surface area contributed by atoms with Crippen LogP contribution in [0.4, 0.5) is 0 Å². The van der Waals surface area contributed by atoms with Gasteiger partial charge in [0.1, 0.15) is 11.4 Å². The number of rotatable bonds is 3. The molecule has 0 amide bonds. The molecule has 6 heteroatoms. The van der Waals surface area contributed by atoms with Gasteiger partial charge in [-0.15, -0.1) is 0 Å². The van der Waals surface area contributed by atoms with Gasteiger partial charge in [0.2, 0.25) is 0 Å². The number of ether oxygens (including phenoxy) is 1. The Morgan fingerprint density at radius 3 is 2.67 bits per heavy atom. The summed E-state index contributed by atoms with van der Waals surface area (Å²) in [5.74, 6) is -0.763. The highest BCUT2D eigenvalue weighted by molar-refractivity contribution is 6.33. The summed E-state index contributed by atoms with van der Waals surface area (Å²) >= 11 is 5.99. The van der Waals surface area contributed by atoms with E-state index in [1.54, 1.807) is 19.2 Å². The Bertz CT molecular complexity index is 660. The van der Waals surface area contributed by atoms with Crippen LogP contribution in [0.2, 0.25) is 5.02 Å². The van der Waals surface area contributed by atoms with Crippen molar-refractivity contribution in [3.05, 3.63) is 28.4 Å². The number of fused-ring (bicyclic) bond motifs is 1. The number of nitrogens with zero attached hydrogens (tertiary/aromatic N) is 1. The number of carboxylic acid groups (broad SMARTS) is 1. The first kappa shape index (κ1) is 12.4. The number of hydrogen-bond donors (Lipinski definition) is 1. The van der Waals surface area contributed by atoms with Gasteiger partial charge >= 0.3 is 5.97 Å². The summed E-state index contributed by atoms with van der Waals surface area (Å²) in [7, 11) is 3.02. The summed E-state index contributed by atoms with van der Waals surface area (Å²) in [4.78, 5) is 22.3. The van der Waals surface area contributed by atoms with Crippen LogP contribution in [-0.4, -0.2) is 29.0 Å². The lowest BCUT2D eigenvalue weighted by Gasteiger charge is -2.04. The van der Waals surface area contributed by atoms with Crippen molar-refractivity contribution in [2.45, 2.75) is 0 Å². The van der Waals surface area contributed by atoms with Crippen molar-refractivity contribution in [3.8, 4) is 5.75 Å². The van der Waals surface area contributed by atoms with Crippen LogP contribution >= 0.6 is 11.6 Å². The van der Waals surface area contributed by atoms with Crippen LogP contribution in [0.1, 0.15) is 20.8 Å². The first-order valence-electron chi connectivity index (χ1n) is 5.05. The summed E-state index contributed by atoms with van der Waals surface area (Å²) in [6, 6.07) is 3.14. The van der Waals surface area contributed by atoms with Gasteiger partial charge in [-0.1, -0.05) is 11.6 Å². The van der Waals surface area contributed by atoms with E-state index in [0.29, 0.717) is 28.0 Å². The third-order valence-electron chi connectivity index (χ3n) is 2.83. The number of methoxy groups -OCH3 is 1. The predicted octanol–water partition coefficient (Wildman–Crippen LogP) is 2.35. The van der Waals surface area contributed by atoms with Gasteiger partial charge in [0.05, 0.1) is 23.2 Å². The molecular weight excluding hydrogens is 258 g/mol. The summed E-state index contributed by atoms with van der Waals surface area (Å²) in [6.07, 6.45) is 0.527. The fourth-order valence-corrected chi connectivity index (χ4v) is 2.23. The average molecular weight is 268 g/mol. The fourth-order valence-electron chi connectivity index (χ4n) is 2.00. The number of carbonyl (C=O) groups is 2. The molecule has 0 aliphatic carbocycles. The van der Waals surface area contributed by atoms with E-state index in [9.17, 15) is 9.59 Å². The highest BCUT2D eigenvalue weighted by Crippen LogP contribution is 2.33. The normalized spacial score (nSPS) is 10.6. The molecule has 2 rings (SSSR count). The number of aromatic nitrogens is 1. The molecule has 0 atom stereocenters. The number of halogens is 1. The number of aryl methyl sites for hydroxylation is 1. The van der Waals surface area contributed by atoms with E-state index in [1.807, 2.05) is 0 Å². The highest BCUT2D eigenvalue weighted by atomic mass is 35.5. The topological polar surface area (TPSA) is 68.5 Å². The third kappa shape index (κ3) is 1.64. The molecule has 0 fully saturated rings. The zero-order chi connectivity index (χ0) is 13.4. The molecule has 0 radical (unpaired) electrons. The van der Waals surface area contributed by atoms with Crippen LogP contribution in [0.15, 0.2) is 12.1 Å². The Labute approximate surface area is 108 Å². The van der Waals surface area contributed by atoms with E-state index < -0.39 is 5.97 Å². The molecule has 0 unspecified atom stereocenters. The number of benzene rings is 1. The molecule has 0 aliphatic rings. The summed E-state index contributed by atoms with van der Waals surface area (Å²) in [5.41, 5.74) is 0.625. The van der Waals surface area contributed by atoms with Crippen molar-refractivity contribution >= 4 is 34.8 Å². The smallest absolute Gasteiger partial charge is 0.353 e. The Hall–Kier alpha value is -2.01. The molecule has 0 spiro atoms. The zero-order valence-corrected chi connectivity index (χ0v) is 10.5. The van der Waals surface area contributed by atoms with Crippen LogP contribution in [0.3, 0.4) is 0 Å². The third-order valence-corrected chi connectivity index (χ3v) is 3.13. The van der Waals surface area contributed by atoms with E-state index in [4.69, 9.17) is 21.4 Å². The maximum Gasteiger partial charge on any atom is 0.353 e. The van der Waals surface area contributed by atoms with Crippen LogP contribution in [0, 0.1) is 0 Å². The molecule has 0 bridgehead atoms. The largest absolute Gasteiger partial charge is 0.495 e. The Balaban J connectivity index is 2.94. The number of aldehydes is 1. The number of carbonyl (C=O) groups excluding carboxylic acids is 1. The standard InChI is InChI=1S/C12H10ClNO4/c1-14-9-4-8(13)10(18-2)3-6(9)7(5-15)11(14)12(16)17/h3-5H,1-2H3,(H,16,17). The van der Waals surface area contributed by atoms with Gasteiger partial charge in [-0.2, -0.15) is 0 Å². The van der Waals surface area contributed by atoms with E-state index in [2.05, 4.69) is 0 Å². The maximum atomic E-state index is 11.2. The SMILES string of the molecule is COc1cc2c(C=O)c(C(=O)O)n(C)c2cc1Cl. The van der Waals surface area contributed by atoms with E-state index >= 15 is 0 Å². The number of carboxylic acids is 1. The van der Waals surface area contributed by atoms with Crippen LogP contribution in [-0.2, 0) is 7.05 Å². The molecule has 1 heterocycles. The zero-order valence-electron chi connectivity index (χ0n) is 9.73. The minimum absolute atomic E-state index is 0.0654. The second kappa shape index (κ2) is 4.34. The molecule has 0 saturated heterocycles. The summed E-state index contributed by atoms with van der Waals surface area (Å²) < 4.78 is 6.48. The van der Waals surface area contributed by atoms with Gasteiger partial charge in [0, 0.05) is 12.4 Å². The van der Waals surface area contributed by atoms with Crippen molar-refractivity contribution < 1.29 is 19.4 Å². The Morgan fingerprint density at radius 1 is 1.50 bits per heavy atom. The number of hydrogen-bond acceptors (Lipinski definition) is 3. The van der Waals surface area contributed by atoms with Gasteiger partial charge < -0.3 is 14.4 Å². The molecule has 0 saturated carbocycles. The lowest BCUT2D eigenvalue weighted by atomic mass is 10.1. The van der Waals surface area contributed by atoms with Crippen molar-refractivity contribution in [3.63, 3.8) is 0 Å². The predicted molar refractivity (Wildman–Crippen MR) is 66.8 cm³/mol. The molecule has 0 aliphatic heterocycles. The monoisotopic (exact) mass is 267 g/mol.